The Bertz CT molecular complexity index is 303. The summed E-state index contributed by atoms with van der Waals surface area (Å²) in [6, 6.07) is 0. The van der Waals surface area contributed by atoms with Gasteiger partial charge in [0.05, 0.1) is 0 Å². The standard InChI is InChI=1S/C10H18BNO4/c1-8(2,3)16-7(13)12-10-4-9(5-10,6-10)11(14)15/h14-15H,4-6H2,1-3H3,(H,12,13). The Balaban J connectivity index is 1.81. The van der Waals surface area contributed by atoms with E-state index in [2.05, 4.69) is 5.32 Å². The Labute approximate surface area is 95.3 Å². The van der Waals surface area contributed by atoms with Gasteiger partial charge in [0.2, 0.25) is 0 Å². The summed E-state index contributed by atoms with van der Waals surface area (Å²) in [4.78, 5) is 11.5. The van der Waals surface area contributed by atoms with Crippen molar-refractivity contribution in [3.63, 3.8) is 0 Å². The molecule has 3 N–H and O–H groups in total. The van der Waals surface area contributed by atoms with Gasteiger partial charge in [-0.1, -0.05) is 0 Å². The molecule has 0 heterocycles. The maximum absolute atomic E-state index is 11.5. The summed E-state index contributed by atoms with van der Waals surface area (Å²) in [5.41, 5.74) is -0.742. The molecule has 1 amide bonds. The molecule has 0 saturated heterocycles. The summed E-state index contributed by atoms with van der Waals surface area (Å²) in [5.74, 6) is 0. The minimum atomic E-state index is -1.27. The van der Waals surface area contributed by atoms with Crippen LogP contribution in [0.3, 0.4) is 0 Å². The number of carbonyl (C=O) groups excluding carboxylic acids is 1. The third kappa shape index (κ3) is 1.80. The van der Waals surface area contributed by atoms with Gasteiger partial charge in [-0.05, 0) is 40.0 Å². The lowest BCUT2D eigenvalue weighted by atomic mass is 9.27. The molecule has 3 aliphatic rings. The highest BCUT2D eigenvalue weighted by molar-refractivity contribution is 6.47. The molecule has 16 heavy (non-hydrogen) atoms. The van der Waals surface area contributed by atoms with Gasteiger partial charge in [-0.25, -0.2) is 4.79 Å². The Morgan fingerprint density at radius 2 is 1.81 bits per heavy atom. The molecule has 0 unspecified atom stereocenters. The average molecular weight is 227 g/mol. The Kier molecular flexibility index (Phi) is 2.30. The van der Waals surface area contributed by atoms with Gasteiger partial charge >= 0.3 is 13.2 Å². The van der Waals surface area contributed by atoms with Crippen molar-refractivity contribution in [2.75, 3.05) is 0 Å². The van der Waals surface area contributed by atoms with Crippen molar-refractivity contribution in [2.45, 2.75) is 56.5 Å². The Morgan fingerprint density at radius 1 is 1.31 bits per heavy atom. The van der Waals surface area contributed by atoms with Crippen molar-refractivity contribution in [2.24, 2.45) is 0 Å². The summed E-state index contributed by atoms with van der Waals surface area (Å²) < 4.78 is 5.15. The molecule has 90 valence electrons. The van der Waals surface area contributed by atoms with Crippen molar-refractivity contribution >= 4 is 13.2 Å². The van der Waals surface area contributed by atoms with Crippen molar-refractivity contribution in [3.8, 4) is 0 Å². The molecular weight excluding hydrogens is 209 g/mol. The zero-order valence-corrected chi connectivity index (χ0v) is 9.91. The van der Waals surface area contributed by atoms with Crippen LogP contribution in [0.15, 0.2) is 0 Å². The lowest BCUT2D eigenvalue weighted by molar-refractivity contribution is -0.0592. The number of carbonyl (C=O) groups is 1. The lowest BCUT2D eigenvalue weighted by Crippen LogP contribution is -2.75. The van der Waals surface area contributed by atoms with Crippen LogP contribution in [0, 0.1) is 0 Å². The molecule has 0 aromatic carbocycles. The first-order valence-electron chi connectivity index (χ1n) is 5.54. The fourth-order valence-electron chi connectivity index (χ4n) is 2.79. The third-order valence-electron chi connectivity index (χ3n) is 3.39. The first-order chi connectivity index (χ1) is 7.17. The van der Waals surface area contributed by atoms with E-state index in [1.807, 2.05) is 20.8 Å². The Hall–Kier alpha value is -0.745. The highest BCUT2D eigenvalue weighted by atomic mass is 16.6. The van der Waals surface area contributed by atoms with Gasteiger partial charge in [0.15, 0.2) is 0 Å². The van der Waals surface area contributed by atoms with Crippen LogP contribution in [-0.4, -0.2) is 34.4 Å². The predicted octanol–water partition coefficient (Wildman–Crippen LogP) is 0.661. The largest absolute Gasteiger partial charge is 0.458 e. The molecule has 3 rings (SSSR count). The maximum atomic E-state index is 11.5. The van der Waals surface area contributed by atoms with E-state index < -0.39 is 18.8 Å². The fourth-order valence-corrected chi connectivity index (χ4v) is 2.79. The van der Waals surface area contributed by atoms with Crippen molar-refractivity contribution in [1.82, 2.24) is 5.32 Å². The lowest BCUT2D eigenvalue weighted by Gasteiger charge is -2.69. The van der Waals surface area contributed by atoms with E-state index in [1.165, 1.54) is 0 Å². The van der Waals surface area contributed by atoms with Crippen LogP contribution in [0.4, 0.5) is 4.79 Å². The second-order valence-corrected chi connectivity index (χ2v) is 6.17. The first kappa shape index (κ1) is 11.7. The number of rotatable bonds is 2. The quantitative estimate of drug-likeness (QED) is 0.605. The first-order valence-corrected chi connectivity index (χ1v) is 5.54. The third-order valence-corrected chi connectivity index (χ3v) is 3.39. The molecule has 0 spiro atoms. The average Bonchev–Trinajstić information content (AvgIpc) is 1.88. The van der Waals surface area contributed by atoms with E-state index in [0.717, 1.165) is 0 Å². The SMILES string of the molecule is CC(C)(C)OC(=O)NC12CC(B(O)O)(C1)C2. The molecule has 3 aliphatic carbocycles. The number of alkyl carbamates (subject to hydrolysis) is 1. The minimum absolute atomic E-state index is 0.244. The van der Waals surface area contributed by atoms with Gasteiger partial charge < -0.3 is 20.1 Å². The van der Waals surface area contributed by atoms with Crippen molar-refractivity contribution in [1.29, 1.82) is 0 Å². The van der Waals surface area contributed by atoms with E-state index in [1.54, 1.807) is 0 Å². The van der Waals surface area contributed by atoms with Gasteiger partial charge in [-0.15, -0.1) is 0 Å². The van der Waals surface area contributed by atoms with Crippen LogP contribution < -0.4 is 5.32 Å². The summed E-state index contributed by atoms with van der Waals surface area (Å²) in [7, 11) is -1.27. The highest BCUT2D eigenvalue weighted by Crippen LogP contribution is 2.73. The Morgan fingerprint density at radius 3 is 2.19 bits per heavy atom. The van der Waals surface area contributed by atoms with Crippen molar-refractivity contribution in [3.05, 3.63) is 0 Å². The molecule has 5 nitrogen and oxygen atoms in total. The zero-order chi connectivity index (χ0) is 12.2. The molecule has 3 fully saturated rings. The maximum Gasteiger partial charge on any atom is 0.458 e. The topological polar surface area (TPSA) is 78.8 Å². The molecular formula is C10H18BNO4. The molecule has 0 aromatic rings. The summed E-state index contributed by atoms with van der Waals surface area (Å²) in [6.45, 7) is 5.44. The van der Waals surface area contributed by atoms with E-state index >= 15 is 0 Å². The highest BCUT2D eigenvalue weighted by Gasteiger charge is 2.73. The molecule has 0 atom stereocenters. The second kappa shape index (κ2) is 3.14. The van der Waals surface area contributed by atoms with Crippen LogP contribution in [0.1, 0.15) is 40.0 Å². The summed E-state index contributed by atoms with van der Waals surface area (Å²) >= 11 is 0. The fraction of sp³-hybridized carbons (Fsp3) is 0.900. The number of ether oxygens (including phenoxy) is 1. The van der Waals surface area contributed by atoms with Crippen LogP contribution in [-0.2, 0) is 4.74 Å². The molecule has 0 aliphatic heterocycles. The number of hydrogen-bond donors (Lipinski definition) is 3. The second-order valence-electron chi connectivity index (χ2n) is 6.17. The van der Waals surface area contributed by atoms with E-state index in [-0.39, 0.29) is 10.9 Å². The molecule has 3 saturated carbocycles. The van der Waals surface area contributed by atoms with Crippen LogP contribution >= 0.6 is 0 Å². The van der Waals surface area contributed by atoms with Gasteiger partial charge in [0.1, 0.15) is 5.60 Å². The van der Waals surface area contributed by atoms with Crippen LogP contribution in [0.5, 0.6) is 0 Å². The van der Waals surface area contributed by atoms with E-state index in [9.17, 15) is 4.79 Å². The zero-order valence-electron chi connectivity index (χ0n) is 9.91. The summed E-state index contributed by atoms with van der Waals surface area (Å²) in [6.07, 6.45) is 1.48. The summed E-state index contributed by atoms with van der Waals surface area (Å²) in [5, 5.41) is 20.7. The van der Waals surface area contributed by atoms with Gasteiger partial charge in [-0.3, -0.25) is 0 Å². The molecule has 0 radical (unpaired) electrons. The van der Waals surface area contributed by atoms with E-state index in [0.29, 0.717) is 19.3 Å². The smallest absolute Gasteiger partial charge is 0.444 e. The molecule has 0 aromatic heterocycles. The van der Waals surface area contributed by atoms with Crippen LogP contribution in [0.2, 0.25) is 5.31 Å². The number of amides is 1. The van der Waals surface area contributed by atoms with E-state index in [4.69, 9.17) is 14.8 Å². The van der Waals surface area contributed by atoms with Gasteiger partial charge in [0, 0.05) is 10.9 Å². The normalized spacial score (nSPS) is 35.8. The number of hydrogen-bond acceptors (Lipinski definition) is 4. The monoisotopic (exact) mass is 227 g/mol. The number of nitrogens with one attached hydrogen (secondary N) is 1. The predicted molar refractivity (Wildman–Crippen MR) is 58.8 cm³/mol. The van der Waals surface area contributed by atoms with Gasteiger partial charge in [-0.2, -0.15) is 0 Å². The minimum Gasteiger partial charge on any atom is -0.444 e. The van der Waals surface area contributed by atoms with Gasteiger partial charge in [0.25, 0.3) is 0 Å². The van der Waals surface area contributed by atoms with Crippen molar-refractivity contribution < 1.29 is 19.6 Å². The molecule has 2 bridgehead atoms. The van der Waals surface area contributed by atoms with Crippen LogP contribution in [0.25, 0.3) is 0 Å². The molecule has 6 heteroatoms.